The van der Waals surface area contributed by atoms with Crippen molar-refractivity contribution in [2.45, 2.75) is 19.3 Å². The molecule has 1 saturated heterocycles. The predicted octanol–water partition coefficient (Wildman–Crippen LogP) is 2.41. The summed E-state index contributed by atoms with van der Waals surface area (Å²) in [6, 6.07) is 13.0. The Morgan fingerprint density at radius 2 is 1.96 bits per heavy atom. The first-order chi connectivity index (χ1) is 12.7. The molecule has 1 aromatic carbocycles. The van der Waals surface area contributed by atoms with Gasteiger partial charge in [-0.3, -0.25) is 14.6 Å². The summed E-state index contributed by atoms with van der Waals surface area (Å²) in [7, 11) is 0. The van der Waals surface area contributed by atoms with Gasteiger partial charge < -0.3 is 4.90 Å². The van der Waals surface area contributed by atoms with E-state index in [2.05, 4.69) is 15.2 Å². The summed E-state index contributed by atoms with van der Waals surface area (Å²) in [5.41, 5.74) is 1.10. The second-order valence-corrected chi connectivity index (χ2v) is 6.73. The molecule has 0 aliphatic carbocycles. The zero-order chi connectivity index (χ0) is 17.9. The van der Waals surface area contributed by atoms with Crippen LogP contribution in [0.2, 0.25) is 0 Å². The molecule has 1 aliphatic heterocycles. The normalized spacial score (nSPS) is 17.4. The van der Waals surface area contributed by atoms with E-state index >= 15 is 0 Å². The molecule has 4 rings (SSSR count). The molecule has 0 radical (unpaired) electrons. The second-order valence-electron chi connectivity index (χ2n) is 6.73. The Morgan fingerprint density at radius 3 is 2.77 bits per heavy atom. The average Bonchev–Trinajstić information content (AvgIpc) is 2.69. The van der Waals surface area contributed by atoms with Crippen LogP contribution in [0.1, 0.15) is 29.0 Å². The van der Waals surface area contributed by atoms with Gasteiger partial charge in [-0.15, -0.1) is 0 Å². The number of benzene rings is 1. The van der Waals surface area contributed by atoms with Crippen molar-refractivity contribution < 1.29 is 4.79 Å². The lowest BCUT2D eigenvalue weighted by Crippen LogP contribution is -2.41. The van der Waals surface area contributed by atoms with Crippen molar-refractivity contribution in [2.24, 2.45) is 5.92 Å². The van der Waals surface area contributed by atoms with Crippen molar-refractivity contribution in [1.82, 2.24) is 20.1 Å². The van der Waals surface area contributed by atoms with Crippen LogP contribution < -0.4 is 5.56 Å². The zero-order valence-corrected chi connectivity index (χ0v) is 14.4. The number of piperidine rings is 1. The van der Waals surface area contributed by atoms with Crippen molar-refractivity contribution in [3.8, 4) is 0 Å². The van der Waals surface area contributed by atoms with E-state index in [0.29, 0.717) is 35.5 Å². The van der Waals surface area contributed by atoms with Gasteiger partial charge in [0.05, 0.1) is 5.39 Å². The Kier molecular flexibility index (Phi) is 4.48. The highest BCUT2D eigenvalue weighted by atomic mass is 16.2. The van der Waals surface area contributed by atoms with Crippen molar-refractivity contribution in [1.29, 1.82) is 0 Å². The number of likely N-dealkylation sites (tertiary alicyclic amines) is 1. The standard InChI is InChI=1S/C20H20N4O2/c25-19-17-9-2-1-8-16(17)18(22-23-19)20(26)24-11-5-6-14(13-24)12-15-7-3-4-10-21-15/h1-4,7-10,14H,5-6,11-13H2,(H,23,25). The van der Waals surface area contributed by atoms with E-state index in [9.17, 15) is 9.59 Å². The summed E-state index contributed by atoms with van der Waals surface area (Å²) in [6.07, 6.45) is 4.71. The SMILES string of the molecule is O=C(c1n[nH]c(=O)c2ccccc12)N1CCCC(Cc2ccccn2)C1. The molecule has 6 heteroatoms. The van der Waals surface area contributed by atoms with Crippen molar-refractivity contribution >= 4 is 16.7 Å². The molecule has 1 aliphatic rings. The number of nitrogens with one attached hydrogen (secondary N) is 1. The molecule has 0 spiro atoms. The lowest BCUT2D eigenvalue weighted by atomic mass is 9.93. The van der Waals surface area contributed by atoms with E-state index in [1.54, 1.807) is 24.4 Å². The third-order valence-electron chi connectivity index (χ3n) is 4.93. The van der Waals surface area contributed by atoms with Crippen LogP contribution in [0.25, 0.3) is 10.8 Å². The van der Waals surface area contributed by atoms with E-state index in [1.807, 2.05) is 29.2 Å². The van der Waals surface area contributed by atoms with E-state index in [0.717, 1.165) is 25.0 Å². The summed E-state index contributed by atoms with van der Waals surface area (Å²) in [5, 5.41) is 7.60. The Labute approximate surface area is 150 Å². The minimum atomic E-state index is -0.274. The molecule has 132 valence electrons. The van der Waals surface area contributed by atoms with Crippen LogP contribution in [0.15, 0.2) is 53.5 Å². The number of hydrogen-bond acceptors (Lipinski definition) is 4. The first-order valence-electron chi connectivity index (χ1n) is 8.89. The monoisotopic (exact) mass is 348 g/mol. The van der Waals surface area contributed by atoms with Crippen LogP contribution in [0.3, 0.4) is 0 Å². The highest BCUT2D eigenvalue weighted by Crippen LogP contribution is 2.23. The third kappa shape index (κ3) is 3.22. The molecule has 1 fully saturated rings. The number of hydrogen-bond donors (Lipinski definition) is 1. The third-order valence-corrected chi connectivity index (χ3v) is 4.93. The van der Waals surface area contributed by atoms with Crippen LogP contribution in [-0.4, -0.2) is 39.1 Å². The smallest absolute Gasteiger partial charge is 0.274 e. The number of pyridine rings is 1. The van der Waals surface area contributed by atoms with Crippen LogP contribution in [0, 0.1) is 5.92 Å². The lowest BCUT2D eigenvalue weighted by molar-refractivity contribution is 0.0668. The minimum absolute atomic E-state index is 0.122. The summed E-state index contributed by atoms with van der Waals surface area (Å²) in [4.78, 5) is 31.2. The lowest BCUT2D eigenvalue weighted by Gasteiger charge is -2.32. The molecule has 1 atom stereocenters. The van der Waals surface area contributed by atoms with Gasteiger partial charge in [0.2, 0.25) is 0 Å². The van der Waals surface area contributed by atoms with Crippen LogP contribution in [0.5, 0.6) is 0 Å². The maximum absolute atomic E-state index is 13.0. The van der Waals surface area contributed by atoms with Crippen molar-refractivity contribution in [2.75, 3.05) is 13.1 Å². The Morgan fingerprint density at radius 1 is 1.15 bits per heavy atom. The quantitative estimate of drug-likeness (QED) is 0.788. The number of fused-ring (bicyclic) bond motifs is 1. The number of amides is 1. The number of aromatic amines is 1. The molecular weight excluding hydrogens is 328 g/mol. The molecule has 1 amide bonds. The molecule has 2 aromatic heterocycles. The number of rotatable bonds is 3. The highest BCUT2D eigenvalue weighted by Gasteiger charge is 2.27. The summed E-state index contributed by atoms with van der Waals surface area (Å²) in [6.45, 7) is 1.40. The Bertz CT molecular complexity index is 984. The first kappa shape index (κ1) is 16.4. The molecule has 3 heterocycles. The predicted molar refractivity (Wildman–Crippen MR) is 98.9 cm³/mol. The summed E-state index contributed by atoms with van der Waals surface area (Å²) >= 11 is 0. The molecule has 1 N–H and O–H groups in total. The maximum atomic E-state index is 13.0. The summed E-state index contributed by atoms with van der Waals surface area (Å²) in [5.74, 6) is 0.264. The number of aromatic nitrogens is 3. The largest absolute Gasteiger partial charge is 0.337 e. The highest BCUT2D eigenvalue weighted by molar-refractivity contribution is 6.04. The first-order valence-corrected chi connectivity index (χ1v) is 8.89. The van der Waals surface area contributed by atoms with Gasteiger partial charge in [0.1, 0.15) is 0 Å². The fraction of sp³-hybridized carbons (Fsp3) is 0.300. The van der Waals surface area contributed by atoms with Gasteiger partial charge in [-0.2, -0.15) is 5.10 Å². The Balaban J connectivity index is 1.57. The van der Waals surface area contributed by atoms with E-state index in [4.69, 9.17) is 0 Å². The average molecular weight is 348 g/mol. The van der Waals surface area contributed by atoms with Gasteiger partial charge in [-0.1, -0.05) is 24.3 Å². The molecule has 26 heavy (non-hydrogen) atoms. The van der Waals surface area contributed by atoms with Gasteiger partial charge in [-0.05, 0) is 43.4 Å². The van der Waals surface area contributed by atoms with Crippen molar-refractivity contribution in [3.63, 3.8) is 0 Å². The molecular formula is C20H20N4O2. The van der Waals surface area contributed by atoms with Crippen LogP contribution >= 0.6 is 0 Å². The molecule has 3 aromatic rings. The molecule has 0 saturated carbocycles. The van der Waals surface area contributed by atoms with Gasteiger partial charge in [-0.25, -0.2) is 5.10 Å². The molecule has 1 unspecified atom stereocenters. The van der Waals surface area contributed by atoms with Gasteiger partial charge in [0, 0.05) is 30.4 Å². The van der Waals surface area contributed by atoms with Crippen LogP contribution in [0.4, 0.5) is 0 Å². The number of nitrogens with zero attached hydrogens (tertiary/aromatic N) is 3. The van der Waals surface area contributed by atoms with Gasteiger partial charge in [0.25, 0.3) is 11.5 Å². The molecule has 6 nitrogen and oxygen atoms in total. The number of carbonyl (C=O) groups is 1. The Hall–Kier alpha value is -3.02. The zero-order valence-electron chi connectivity index (χ0n) is 14.4. The minimum Gasteiger partial charge on any atom is -0.337 e. The fourth-order valence-electron chi connectivity index (χ4n) is 3.66. The number of H-pyrrole nitrogens is 1. The second kappa shape index (κ2) is 7.07. The topological polar surface area (TPSA) is 79.0 Å². The van der Waals surface area contributed by atoms with E-state index < -0.39 is 0 Å². The van der Waals surface area contributed by atoms with Crippen LogP contribution in [-0.2, 0) is 6.42 Å². The number of carbonyl (C=O) groups excluding carboxylic acids is 1. The maximum Gasteiger partial charge on any atom is 0.274 e. The van der Waals surface area contributed by atoms with E-state index in [1.165, 1.54) is 0 Å². The summed E-state index contributed by atoms with van der Waals surface area (Å²) < 4.78 is 0. The van der Waals surface area contributed by atoms with Crippen molar-refractivity contribution in [3.05, 3.63) is 70.4 Å². The van der Waals surface area contributed by atoms with Gasteiger partial charge in [0.15, 0.2) is 5.69 Å². The van der Waals surface area contributed by atoms with Gasteiger partial charge >= 0.3 is 0 Å². The molecule has 0 bridgehead atoms. The van der Waals surface area contributed by atoms with E-state index in [-0.39, 0.29) is 11.5 Å². The fourth-order valence-corrected chi connectivity index (χ4v) is 3.66.